The summed E-state index contributed by atoms with van der Waals surface area (Å²) in [5.74, 6) is 1.44. The molecule has 0 aromatic carbocycles. The maximum absolute atomic E-state index is 12.3. The van der Waals surface area contributed by atoms with E-state index >= 15 is 0 Å². The number of aryl methyl sites for hydroxylation is 1. The molecule has 0 radical (unpaired) electrons. The summed E-state index contributed by atoms with van der Waals surface area (Å²) in [5.41, 5.74) is -0.958. The number of rotatable bonds is 8. The standard InChI is InChI=1S/C18H35N7O2/c1-8-18(9-2,24-16(26)27-17(4,5)6)12-21-15(19-10-3)20-11-14-22-13-23-25(14)7/h13H,8-12H2,1-7H3,(H,24,26)(H2,19,20,21). The van der Waals surface area contributed by atoms with E-state index in [-0.39, 0.29) is 0 Å². The molecule has 0 atom stereocenters. The average Bonchev–Trinajstić information content (AvgIpc) is 2.99. The Morgan fingerprint density at radius 1 is 1.22 bits per heavy atom. The summed E-state index contributed by atoms with van der Waals surface area (Å²) in [7, 11) is 1.84. The van der Waals surface area contributed by atoms with Crippen molar-refractivity contribution >= 4 is 12.1 Å². The highest BCUT2D eigenvalue weighted by atomic mass is 16.6. The van der Waals surface area contributed by atoms with Gasteiger partial charge in [-0.15, -0.1) is 0 Å². The SMILES string of the molecule is CCNC(=NCc1ncnn1C)NCC(CC)(CC)NC(=O)OC(C)(C)C. The fourth-order valence-corrected chi connectivity index (χ4v) is 2.45. The molecule has 0 aliphatic carbocycles. The molecule has 0 saturated heterocycles. The molecule has 27 heavy (non-hydrogen) atoms. The first-order valence-electron chi connectivity index (χ1n) is 9.51. The molecule has 0 unspecified atom stereocenters. The molecular weight excluding hydrogens is 346 g/mol. The zero-order valence-corrected chi connectivity index (χ0v) is 17.7. The van der Waals surface area contributed by atoms with E-state index in [1.807, 2.05) is 48.6 Å². The smallest absolute Gasteiger partial charge is 0.408 e. The molecule has 1 aromatic heterocycles. The van der Waals surface area contributed by atoms with Crippen LogP contribution in [0.1, 0.15) is 60.2 Å². The van der Waals surface area contributed by atoms with Crippen LogP contribution in [0.3, 0.4) is 0 Å². The van der Waals surface area contributed by atoms with Crippen LogP contribution in [0.5, 0.6) is 0 Å². The van der Waals surface area contributed by atoms with E-state index in [9.17, 15) is 4.79 Å². The number of carbonyl (C=O) groups is 1. The Labute approximate surface area is 162 Å². The Morgan fingerprint density at radius 3 is 2.37 bits per heavy atom. The molecule has 0 aliphatic heterocycles. The summed E-state index contributed by atoms with van der Waals surface area (Å²) in [6.07, 6.45) is 2.63. The maximum atomic E-state index is 12.3. The van der Waals surface area contributed by atoms with Crippen LogP contribution in [0.2, 0.25) is 0 Å². The second-order valence-electron chi connectivity index (χ2n) is 7.46. The van der Waals surface area contributed by atoms with Crippen LogP contribution in [0, 0.1) is 0 Å². The Morgan fingerprint density at radius 2 is 1.89 bits per heavy atom. The predicted octanol–water partition coefficient (Wildman–Crippen LogP) is 1.95. The first-order chi connectivity index (χ1) is 12.6. The minimum atomic E-state index is -0.531. The van der Waals surface area contributed by atoms with E-state index in [1.165, 1.54) is 6.33 Å². The predicted molar refractivity (Wildman–Crippen MR) is 107 cm³/mol. The lowest BCUT2D eigenvalue weighted by molar-refractivity contribution is 0.0448. The van der Waals surface area contributed by atoms with E-state index in [4.69, 9.17) is 4.74 Å². The number of ether oxygens (including phenoxy) is 1. The van der Waals surface area contributed by atoms with Crippen LogP contribution in [0.15, 0.2) is 11.3 Å². The van der Waals surface area contributed by atoms with Crippen molar-refractivity contribution < 1.29 is 9.53 Å². The van der Waals surface area contributed by atoms with Gasteiger partial charge in [0.25, 0.3) is 0 Å². The Kier molecular flexibility index (Phi) is 8.52. The van der Waals surface area contributed by atoms with Gasteiger partial charge in [-0.25, -0.2) is 14.8 Å². The van der Waals surface area contributed by atoms with Gasteiger partial charge < -0.3 is 20.7 Å². The van der Waals surface area contributed by atoms with Gasteiger partial charge in [0.05, 0.1) is 5.54 Å². The Hall–Kier alpha value is -2.32. The van der Waals surface area contributed by atoms with Crippen LogP contribution in [0.25, 0.3) is 0 Å². The Bertz CT molecular complexity index is 615. The first-order valence-corrected chi connectivity index (χ1v) is 9.51. The van der Waals surface area contributed by atoms with Crippen molar-refractivity contribution in [2.75, 3.05) is 13.1 Å². The minimum absolute atomic E-state index is 0.408. The second kappa shape index (κ2) is 10.1. The number of aliphatic imine (C=N–C) groups is 1. The number of guanidine groups is 1. The molecule has 1 amide bonds. The third kappa shape index (κ3) is 7.84. The molecule has 0 saturated carbocycles. The second-order valence-corrected chi connectivity index (χ2v) is 7.46. The maximum Gasteiger partial charge on any atom is 0.408 e. The number of carbonyl (C=O) groups excluding carboxylic acids is 1. The Balaban J connectivity index is 2.78. The molecule has 3 N–H and O–H groups in total. The third-order valence-electron chi connectivity index (χ3n) is 4.24. The van der Waals surface area contributed by atoms with Crippen molar-refractivity contribution in [3.8, 4) is 0 Å². The van der Waals surface area contributed by atoms with Crippen molar-refractivity contribution in [3.63, 3.8) is 0 Å². The highest BCUT2D eigenvalue weighted by molar-refractivity contribution is 5.80. The quantitative estimate of drug-likeness (QED) is 0.469. The third-order valence-corrected chi connectivity index (χ3v) is 4.24. The number of nitrogens with one attached hydrogen (secondary N) is 3. The monoisotopic (exact) mass is 381 g/mol. The molecule has 9 heteroatoms. The van der Waals surface area contributed by atoms with Gasteiger partial charge in [-0.3, -0.25) is 4.68 Å². The van der Waals surface area contributed by atoms with Crippen LogP contribution >= 0.6 is 0 Å². The summed E-state index contributed by atoms with van der Waals surface area (Å²) in [4.78, 5) is 21.0. The van der Waals surface area contributed by atoms with Gasteiger partial charge in [0, 0.05) is 20.1 Å². The van der Waals surface area contributed by atoms with E-state index in [1.54, 1.807) is 4.68 Å². The molecule has 0 aliphatic rings. The molecular formula is C18H35N7O2. The van der Waals surface area contributed by atoms with Gasteiger partial charge in [-0.2, -0.15) is 5.10 Å². The van der Waals surface area contributed by atoms with Crippen LogP contribution in [-0.2, 0) is 18.3 Å². The zero-order valence-electron chi connectivity index (χ0n) is 17.7. The van der Waals surface area contributed by atoms with Gasteiger partial charge in [0.15, 0.2) is 5.96 Å². The lowest BCUT2D eigenvalue weighted by Gasteiger charge is -2.34. The highest BCUT2D eigenvalue weighted by Gasteiger charge is 2.30. The minimum Gasteiger partial charge on any atom is -0.444 e. The van der Waals surface area contributed by atoms with Gasteiger partial charge in [-0.05, 0) is 40.5 Å². The van der Waals surface area contributed by atoms with Gasteiger partial charge >= 0.3 is 6.09 Å². The molecule has 1 rings (SSSR count). The van der Waals surface area contributed by atoms with Crippen LogP contribution < -0.4 is 16.0 Å². The molecule has 0 bridgehead atoms. The van der Waals surface area contributed by atoms with E-state index in [0.717, 1.165) is 25.2 Å². The topological polar surface area (TPSA) is 105 Å². The summed E-state index contributed by atoms with van der Waals surface area (Å²) in [6.45, 7) is 13.3. The van der Waals surface area contributed by atoms with Crippen molar-refractivity contribution in [2.45, 2.75) is 72.1 Å². The zero-order chi connectivity index (χ0) is 20.5. The van der Waals surface area contributed by atoms with E-state index in [0.29, 0.717) is 19.0 Å². The average molecular weight is 382 g/mol. The molecule has 1 heterocycles. The molecule has 1 aromatic rings. The van der Waals surface area contributed by atoms with Crippen molar-refractivity contribution in [1.29, 1.82) is 0 Å². The number of hydrogen-bond acceptors (Lipinski definition) is 5. The summed E-state index contributed by atoms with van der Waals surface area (Å²) in [6, 6.07) is 0. The molecule has 0 spiro atoms. The highest BCUT2D eigenvalue weighted by Crippen LogP contribution is 2.16. The van der Waals surface area contributed by atoms with Gasteiger partial charge in [-0.1, -0.05) is 13.8 Å². The number of alkyl carbamates (subject to hydrolysis) is 1. The fraction of sp³-hybridized carbons (Fsp3) is 0.778. The number of amides is 1. The van der Waals surface area contributed by atoms with Crippen LogP contribution in [0.4, 0.5) is 4.79 Å². The summed E-state index contributed by atoms with van der Waals surface area (Å²) < 4.78 is 7.11. The molecule has 154 valence electrons. The lowest BCUT2D eigenvalue weighted by atomic mass is 9.93. The van der Waals surface area contributed by atoms with E-state index < -0.39 is 17.2 Å². The van der Waals surface area contributed by atoms with Crippen molar-refractivity contribution in [3.05, 3.63) is 12.2 Å². The lowest BCUT2D eigenvalue weighted by Crippen LogP contribution is -2.57. The summed E-state index contributed by atoms with van der Waals surface area (Å²) in [5, 5.41) is 13.6. The van der Waals surface area contributed by atoms with Gasteiger partial charge in [0.1, 0.15) is 24.3 Å². The number of aromatic nitrogens is 3. The van der Waals surface area contributed by atoms with Crippen LogP contribution in [-0.4, -0.2) is 51.0 Å². The van der Waals surface area contributed by atoms with Gasteiger partial charge in [0.2, 0.25) is 0 Å². The number of hydrogen-bond donors (Lipinski definition) is 3. The first kappa shape index (κ1) is 22.7. The summed E-state index contributed by atoms with van der Waals surface area (Å²) >= 11 is 0. The van der Waals surface area contributed by atoms with E-state index in [2.05, 4.69) is 31.0 Å². The van der Waals surface area contributed by atoms with Crippen molar-refractivity contribution in [1.82, 2.24) is 30.7 Å². The number of nitrogens with zero attached hydrogens (tertiary/aromatic N) is 4. The van der Waals surface area contributed by atoms with Crippen molar-refractivity contribution in [2.24, 2.45) is 12.0 Å². The molecule has 0 fully saturated rings. The normalized spacial score (nSPS) is 12.6. The molecule has 9 nitrogen and oxygen atoms in total. The largest absolute Gasteiger partial charge is 0.444 e. The fourth-order valence-electron chi connectivity index (χ4n) is 2.45.